The quantitative estimate of drug-likeness (QED) is 0.827. The van der Waals surface area contributed by atoms with Crippen LogP contribution in [0.4, 0.5) is 0 Å². The van der Waals surface area contributed by atoms with Crippen LogP contribution in [0.5, 0.6) is 0 Å². The second kappa shape index (κ2) is 4.72. The van der Waals surface area contributed by atoms with Crippen molar-refractivity contribution in [1.82, 2.24) is 10.2 Å². The van der Waals surface area contributed by atoms with E-state index in [1.165, 1.54) is 22.3 Å². The molecule has 6 nitrogen and oxygen atoms in total. The maximum atomic E-state index is 12.5. The molecule has 2 fully saturated rings. The van der Waals surface area contributed by atoms with E-state index in [-0.39, 0.29) is 24.3 Å². The smallest absolute Gasteiger partial charge is 0.264 e. The minimum Gasteiger partial charge on any atom is -0.322 e. The molecule has 1 saturated heterocycles. The van der Waals surface area contributed by atoms with E-state index in [4.69, 9.17) is 5.26 Å². The van der Waals surface area contributed by atoms with Gasteiger partial charge in [-0.2, -0.15) is 5.26 Å². The second-order valence-corrected chi connectivity index (χ2v) is 5.80. The Kier molecular flexibility index (Phi) is 3.03. The number of thiophene rings is 1. The van der Waals surface area contributed by atoms with E-state index in [0.29, 0.717) is 10.4 Å². The maximum absolute atomic E-state index is 12.5. The normalized spacial score (nSPS) is 21.4. The van der Waals surface area contributed by atoms with E-state index in [2.05, 4.69) is 5.32 Å². The molecule has 0 unspecified atom stereocenters. The molecule has 1 aliphatic heterocycles. The largest absolute Gasteiger partial charge is 0.322 e. The summed E-state index contributed by atoms with van der Waals surface area (Å²) in [6, 6.07) is 2.81. The van der Waals surface area contributed by atoms with Crippen LogP contribution in [0.15, 0.2) is 11.4 Å². The zero-order valence-electron chi connectivity index (χ0n) is 10.5. The molecule has 0 aromatic carbocycles. The van der Waals surface area contributed by atoms with Gasteiger partial charge in [0.15, 0.2) is 0 Å². The van der Waals surface area contributed by atoms with Crippen molar-refractivity contribution in [2.45, 2.75) is 31.3 Å². The van der Waals surface area contributed by atoms with Crippen molar-refractivity contribution < 1.29 is 14.4 Å². The number of hydrogen-bond acceptors (Lipinski definition) is 5. The SMILES string of the molecule is N#Cc1csc(C(=O)N(C2CC2)[C@H]2CC(=O)NC2=O)c1. The summed E-state index contributed by atoms with van der Waals surface area (Å²) in [5.74, 6) is -1.02. The molecule has 1 saturated carbocycles. The first-order chi connectivity index (χ1) is 9.60. The fraction of sp³-hybridized carbons (Fsp3) is 0.385. The third kappa shape index (κ3) is 2.18. The molecule has 2 heterocycles. The van der Waals surface area contributed by atoms with E-state index < -0.39 is 11.9 Å². The molecule has 102 valence electrons. The summed E-state index contributed by atoms with van der Waals surface area (Å²) < 4.78 is 0. The third-order valence-corrected chi connectivity index (χ3v) is 4.31. The van der Waals surface area contributed by atoms with Crippen LogP contribution in [0, 0.1) is 11.3 Å². The summed E-state index contributed by atoms with van der Waals surface area (Å²) in [5.41, 5.74) is 0.432. The first-order valence-electron chi connectivity index (χ1n) is 6.25. The summed E-state index contributed by atoms with van der Waals surface area (Å²) in [5, 5.41) is 12.6. The summed E-state index contributed by atoms with van der Waals surface area (Å²) in [4.78, 5) is 37.6. The average Bonchev–Trinajstić information content (AvgIpc) is 3.02. The Hall–Kier alpha value is -2.20. The number of imide groups is 1. The second-order valence-electron chi connectivity index (χ2n) is 4.89. The summed E-state index contributed by atoms with van der Waals surface area (Å²) in [7, 11) is 0. The number of nitrogens with zero attached hydrogens (tertiary/aromatic N) is 2. The molecule has 1 N–H and O–H groups in total. The molecular weight excluding hydrogens is 278 g/mol. The fourth-order valence-electron chi connectivity index (χ4n) is 2.31. The number of carbonyl (C=O) groups excluding carboxylic acids is 3. The zero-order valence-corrected chi connectivity index (χ0v) is 11.3. The first-order valence-corrected chi connectivity index (χ1v) is 7.13. The molecule has 0 radical (unpaired) electrons. The first kappa shape index (κ1) is 12.8. The molecule has 1 aliphatic carbocycles. The Balaban J connectivity index is 1.87. The van der Waals surface area contributed by atoms with Crippen molar-refractivity contribution in [2.24, 2.45) is 0 Å². The van der Waals surface area contributed by atoms with E-state index in [1.54, 1.807) is 5.38 Å². The van der Waals surface area contributed by atoms with E-state index in [9.17, 15) is 14.4 Å². The van der Waals surface area contributed by atoms with Crippen LogP contribution in [0.1, 0.15) is 34.5 Å². The van der Waals surface area contributed by atoms with Gasteiger partial charge in [-0.25, -0.2) is 0 Å². The van der Waals surface area contributed by atoms with E-state index in [0.717, 1.165) is 12.8 Å². The van der Waals surface area contributed by atoms with Crippen LogP contribution in [0.3, 0.4) is 0 Å². The van der Waals surface area contributed by atoms with Gasteiger partial charge in [0.25, 0.3) is 5.91 Å². The zero-order chi connectivity index (χ0) is 14.3. The van der Waals surface area contributed by atoms with Crippen molar-refractivity contribution in [3.05, 3.63) is 21.9 Å². The summed E-state index contributed by atoms with van der Waals surface area (Å²) in [6.45, 7) is 0. The molecular formula is C13H11N3O3S. The average molecular weight is 289 g/mol. The minimum atomic E-state index is -0.713. The van der Waals surface area contributed by atoms with Crippen LogP contribution in [0.2, 0.25) is 0 Å². The molecule has 2 aliphatic rings. The maximum Gasteiger partial charge on any atom is 0.264 e. The lowest BCUT2D eigenvalue weighted by atomic mass is 10.2. The highest BCUT2D eigenvalue weighted by Gasteiger charge is 2.45. The molecule has 1 atom stereocenters. The topological polar surface area (TPSA) is 90.3 Å². The highest BCUT2D eigenvalue weighted by molar-refractivity contribution is 7.12. The molecule has 20 heavy (non-hydrogen) atoms. The van der Waals surface area contributed by atoms with Crippen molar-refractivity contribution in [3.8, 4) is 6.07 Å². The summed E-state index contributed by atoms with van der Waals surface area (Å²) >= 11 is 1.19. The molecule has 1 aromatic heterocycles. The van der Waals surface area contributed by atoms with Gasteiger partial charge in [-0.3, -0.25) is 19.7 Å². The number of hydrogen-bond donors (Lipinski definition) is 1. The third-order valence-electron chi connectivity index (χ3n) is 3.39. The van der Waals surface area contributed by atoms with Crippen LogP contribution in [0.25, 0.3) is 0 Å². The summed E-state index contributed by atoms with van der Waals surface area (Å²) in [6.07, 6.45) is 1.72. The molecule has 3 rings (SSSR count). The van der Waals surface area contributed by atoms with Crippen LogP contribution in [-0.4, -0.2) is 34.7 Å². The predicted molar refractivity (Wildman–Crippen MR) is 69.8 cm³/mol. The van der Waals surface area contributed by atoms with Gasteiger partial charge < -0.3 is 4.90 Å². The van der Waals surface area contributed by atoms with Gasteiger partial charge in [0.05, 0.1) is 16.9 Å². The van der Waals surface area contributed by atoms with Gasteiger partial charge in [-0.1, -0.05) is 0 Å². The minimum absolute atomic E-state index is 0.0248. The van der Waals surface area contributed by atoms with E-state index >= 15 is 0 Å². The molecule has 0 spiro atoms. The number of nitrogens with one attached hydrogen (secondary N) is 1. The van der Waals surface area contributed by atoms with Crippen molar-refractivity contribution in [3.63, 3.8) is 0 Å². The van der Waals surface area contributed by atoms with Gasteiger partial charge in [0, 0.05) is 11.4 Å². The molecule has 1 aromatic rings. The standard InChI is InChI=1S/C13H11N3O3S/c14-5-7-3-10(20-6-7)13(19)16(8-1-2-8)9-4-11(17)15-12(9)18/h3,6,8-9H,1-2,4H2,(H,15,17,18)/t9-/m0/s1. The molecule has 3 amide bonds. The number of rotatable bonds is 3. The van der Waals surface area contributed by atoms with Gasteiger partial charge >= 0.3 is 0 Å². The fourth-order valence-corrected chi connectivity index (χ4v) is 3.09. The lowest BCUT2D eigenvalue weighted by Crippen LogP contribution is -2.45. The monoisotopic (exact) mass is 289 g/mol. The van der Waals surface area contributed by atoms with Crippen molar-refractivity contribution in [2.75, 3.05) is 0 Å². The van der Waals surface area contributed by atoms with Crippen LogP contribution in [-0.2, 0) is 9.59 Å². The number of amides is 3. The molecule has 0 bridgehead atoms. The Morgan fingerprint density at radius 1 is 1.45 bits per heavy atom. The number of carbonyl (C=O) groups is 3. The highest BCUT2D eigenvalue weighted by Crippen LogP contribution is 2.33. The van der Waals surface area contributed by atoms with Gasteiger partial charge in [0.1, 0.15) is 12.1 Å². The number of nitriles is 1. The Morgan fingerprint density at radius 2 is 2.20 bits per heavy atom. The van der Waals surface area contributed by atoms with Crippen LogP contribution < -0.4 is 5.32 Å². The Bertz CT molecular complexity index is 642. The Labute approximate surface area is 119 Å². The van der Waals surface area contributed by atoms with Gasteiger partial charge in [-0.05, 0) is 18.9 Å². The van der Waals surface area contributed by atoms with Crippen molar-refractivity contribution in [1.29, 1.82) is 5.26 Å². The highest BCUT2D eigenvalue weighted by atomic mass is 32.1. The van der Waals surface area contributed by atoms with Gasteiger partial charge in [-0.15, -0.1) is 11.3 Å². The lowest BCUT2D eigenvalue weighted by Gasteiger charge is -2.26. The van der Waals surface area contributed by atoms with Crippen molar-refractivity contribution >= 4 is 29.1 Å². The van der Waals surface area contributed by atoms with Crippen LogP contribution >= 0.6 is 11.3 Å². The lowest BCUT2D eigenvalue weighted by molar-refractivity contribution is -0.126. The Morgan fingerprint density at radius 3 is 2.70 bits per heavy atom. The van der Waals surface area contributed by atoms with E-state index in [1.807, 2.05) is 6.07 Å². The van der Waals surface area contributed by atoms with Gasteiger partial charge in [0.2, 0.25) is 11.8 Å². The molecule has 7 heteroatoms. The predicted octanol–water partition coefficient (Wildman–Crippen LogP) is 0.639.